The number of hydrogen-bond acceptors (Lipinski definition) is 2. The lowest BCUT2D eigenvalue weighted by Crippen LogP contribution is -2.28. The van der Waals surface area contributed by atoms with Crippen LogP contribution in [0.3, 0.4) is 0 Å². The summed E-state index contributed by atoms with van der Waals surface area (Å²) in [6, 6.07) is 0.730. The van der Waals surface area contributed by atoms with Gasteiger partial charge in [0.2, 0.25) is 0 Å². The number of aliphatic hydroxyl groups excluding tert-OH is 1. The minimum absolute atomic E-state index is 0.331. The predicted octanol–water partition coefficient (Wildman–Crippen LogP) is 1.93. The van der Waals surface area contributed by atoms with Gasteiger partial charge < -0.3 is 10.4 Å². The molecular weight excluding hydrogens is 162 g/mol. The summed E-state index contributed by atoms with van der Waals surface area (Å²) in [6.45, 7) is 6.10. The van der Waals surface area contributed by atoms with E-state index in [0.717, 1.165) is 25.4 Å². The van der Waals surface area contributed by atoms with Crippen molar-refractivity contribution in [2.75, 3.05) is 13.2 Å². The van der Waals surface area contributed by atoms with Gasteiger partial charge in [-0.05, 0) is 44.1 Å². The van der Waals surface area contributed by atoms with E-state index in [2.05, 4.69) is 19.2 Å². The maximum absolute atomic E-state index is 8.61. The van der Waals surface area contributed by atoms with E-state index in [9.17, 15) is 0 Å². The lowest BCUT2D eigenvalue weighted by molar-refractivity contribution is 0.282. The van der Waals surface area contributed by atoms with Crippen LogP contribution < -0.4 is 5.32 Å². The fourth-order valence-electron chi connectivity index (χ4n) is 2.15. The molecule has 0 spiro atoms. The highest BCUT2D eigenvalue weighted by molar-refractivity contribution is 4.86. The number of unbranched alkanes of at least 4 members (excludes halogenated alkanes) is 1. The summed E-state index contributed by atoms with van der Waals surface area (Å²) in [5.74, 6) is 0. The number of nitrogens with one attached hydrogen (secondary N) is 1. The van der Waals surface area contributed by atoms with Crippen molar-refractivity contribution in [3.63, 3.8) is 0 Å². The zero-order valence-corrected chi connectivity index (χ0v) is 8.97. The molecule has 0 aromatic heterocycles. The van der Waals surface area contributed by atoms with Gasteiger partial charge in [-0.25, -0.2) is 0 Å². The summed E-state index contributed by atoms with van der Waals surface area (Å²) < 4.78 is 0. The van der Waals surface area contributed by atoms with E-state index in [4.69, 9.17) is 5.11 Å². The normalized spacial score (nSPS) is 26.5. The van der Waals surface area contributed by atoms with E-state index >= 15 is 0 Å². The van der Waals surface area contributed by atoms with Crippen LogP contribution in [0.5, 0.6) is 0 Å². The van der Waals surface area contributed by atoms with Gasteiger partial charge in [0, 0.05) is 12.6 Å². The molecule has 1 aliphatic carbocycles. The standard InChI is InChI=1S/C11H23NO/c1-11(2)6-5-10(9-11)12-7-3-4-8-13/h10,12-13H,3-9H2,1-2H3. The van der Waals surface area contributed by atoms with Crippen molar-refractivity contribution in [3.05, 3.63) is 0 Å². The second-order valence-electron chi connectivity index (χ2n) is 4.99. The fourth-order valence-corrected chi connectivity index (χ4v) is 2.15. The van der Waals surface area contributed by atoms with E-state index in [1.54, 1.807) is 0 Å². The Morgan fingerprint density at radius 2 is 2.15 bits per heavy atom. The zero-order valence-electron chi connectivity index (χ0n) is 8.97. The van der Waals surface area contributed by atoms with E-state index in [0.29, 0.717) is 12.0 Å². The lowest BCUT2D eigenvalue weighted by atomic mass is 9.92. The average molecular weight is 185 g/mol. The van der Waals surface area contributed by atoms with Crippen LogP contribution in [0, 0.1) is 5.41 Å². The Balaban J connectivity index is 2.04. The third kappa shape index (κ3) is 4.10. The summed E-state index contributed by atoms with van der Waals surface area (Å²) >= 11 is 0. The third-order valence-electron chi connectivity index (χ3n) is 2.99. The molecule has 1 atom stereocenters. The Hall–Kier alpha value is -0.0800. The molecule has 0 aromatic rings. The molecule has 13 heavy (non-hydrogen) atoms. The first-order valence-electron chi connectivity index (χ1n) is 5.48. The van der Waals surface area contributed by atoms with Crippen molar-refractivity contribution < 1.29 is 5.11 Å². The van der Waals surface area contributed by atoms with Crippen LogP contribution in [0.15, 0.2) is 0 Å². The van der Waals surface area contributed by atoms with Gasteiger partial charge in [0.15, 0.2) is 0 Å². The van der Waals surface area contributed by atoms with Crippen molar-refractivity contribution in [2.45, 2.75) is 52.0 Å². The van der Waals surface area contributed by atoms with E-state index in [-0.39, 0.29) is 0 Å². The fraction of sp³-hybridized carbons (Fsp3) is 1.00. The average Bonchev–Trinajstić information content (AvgIpc) is 2.40. The monoisotopic (exact) mass is 185 g/mol. The van der Waals surface area contributed by atoms with Gasteiger partial charge in [-0.2, -0.15) is 0 Å². The SMILES string of the molecule is CC1(C)CCC(NCCCCO)C1. The second kappa shape index (κ2) is 4.97. The highest BCUT2D eigenvalue weighted by atomic mass is 16.2. The molecular formula is C11H23NO. The first kappa shape index (κ1) is 11.0. The van der Waals surface area contributed by atoms with Crippen molar-refractivity contribution in [1.29, 1.82) is 0 Å². The molecule has 2 heteroatoms. The minimum Gasteiger partial charge on any atom is -0.396 e. The van der Waals surface area contributed by atoms with E-state index in [1.807, 2.05) is 0 Å². The molecule has 0 aromatic carbocycles. The Kier molecular flexibility index (Phi) is 4.20. The van der Waals surface area contributed by atoms with Crippen molar-refractivity contribution in [2.24, 2.45) is 5.41 Å². The molecule has 0 aliphatic heterocycles. The second-order valence-corrected chi connectivity index (χ2v) is 4.99. The molecule has 78 valence electrons. The molecule has 0 amide bonds. The largest absolute Gasteiger partial charge is 0.396 e. The number of hydrogen-bond donors (Lipinski definition) is 2. The van der Waals surface area contributed by atoms with E-state index in [1.165, 1.54) is 19.3 Å². The highest BCUT2D eigenvalue weighted by Crippen LogP contribution is 2.36. The zero-order chi connectivity index (χ0) is 9.73. The summed E-state index contributed by atoms with van der Waals surface area (Å²) in [4.78, 5) is 0. The summed E-state index contributed by atoms with van der Waals surface area (Å²) in [5.41, 5.74) is 0.550. The Bertz CT molecular complexity index is 145. The first-order chi connectivity index (χ1) is 6.14. The summed E-state index contributed by atoms with van der Waals surface area (Å²) in [5, 5.41) is 12.2. The van der Waals surface area contributed by atoms with Gasteiger partial charge in [-0.1, -0.05) is 13.8 Å². The molecule has 1 fully saturated rings. The molecule has 0 radical (unpaired) electrons. The molecule has 0 bridgehead atoms. The molecule has 1 unspecified atom stereocenters. The Labute approximate surface area is 81.7 Å². The van der Waals surface area contributed by atoms with Gasteiger partial charge >= 0.3 is 0 Å². The molecule has 1 saturated carbocycles. The van der Waals surface area contributed by atoms with Crippen LogP contribution in [0.1, 0.15) is 46.0 Å². The molecule has 2 N–H and O–H groups in total. The van der Waals surface area contributed by atoms with Crippen LogP contribution in [0.25, 0.3) is 0 Å². The predicted molar refractivity (Wildman–Crippen MR) is 55.7 cm³/mol. The molecule has 1 rings (SSSR count). The van der Waals surface area contributed by atoms with Crippen molar-refractivity contribution in [1.82, 2.24) is 5.32 Å². The van der Waals surface area contributed by atoms with Crippen molar-refractivity contribution >= 4 is 0 Å². The molecule has 0 saturated heterocycles. The smallest absolute Gasteiger partial charge is 0.0431 e. The van der Waals surface area contributed by atoms with Crippen LogP contribution in [0.2, 0.25) is 0 Å². The molecule has 1 aliphatic rings. The summed E-state index contributed by atoms with van der Waals surface area (Å²) in [6.07, 6.45) is 6.03. The van der Waals surface area contributed by atoms with Gasteiger partial charge in [-0.15, -0.1) is 0 Å². The number of rotatable bonds is 5. The van der Waals surface area contributed by atoms with Gasteiger partial charge in [0.1, 0.15) is 0 Å². The van der Waals surface area contributed by atoms with Gasteiger partial charge in [0.25, 0.3) is 0 Å². The van der Waals surface area contributed by atoms with Crippen LogP contribution in [0.4, 0.5) is 0 Å². The maximum atomic E-state index is 8.61. The molecule has 2 nitrogen and oxygen atoms in total. The minimum atomic E-state index is 0.331. The lowest BCUT2D eigenvalue weighted by Gasteiger charge is -2.17. The topological polar surface area (TPSA) is 32.3 Å². The Morgan fingerprint density at radius 3 is 2.69 bits per heavy atom. The van der Waals surface area contributed by atoms with E-state index < -0.39 is 0 Å². The van der Waals surface area contributed by atoms with Gasteiger partial charge in [-0.3, -0.25) is 0 Å². The van der Waals surface area contributed by atoms with Crippen LogP contribution >= 0.6 is 0 Å². The highest BCUT2D eigenvalue weighted by Gasteiger charge is 2.30. The number of aliphatic hydroxyl groups is 1. The van der Waals surface area contributed by atoms with Crippen molar-refractivity contribution in [3.8, 4) is 0 Å². The van der Waals surface area contributed by atoms with Gasteiger partial charge in [0.05, 0.1) is 0 Å². The van der Waals surface area contributed by atoms with Crippen LogP contribution in [-0.2, 0) is 0 Å². The molecule has 0 heterocycles. The third-order valence-corrected chi connectivity index (χ3v) is 2.99. The maximum Gasteiger partial charge on any atom is 0.0431 e. The quantitative estimate of drug-likeness (QED) is 0.641. The summed E-state index contributed by atoms with van der Waals surface area (Å²) in [7, 11) is 0. The Morgan fingerprint density at radius 1 is 1.38 bits per heavy atom. The first-order valence-corrected chi connectivity index (χ1v) is 5.48. The van der Waals surface area contributed by atoms with Crippen LogP contribution in [-0.4, -0.2) is 24.3 Å².